The van der Waals surface area contributed by atoms with Gasteiger partial charge in [0.15, 0.2) is 0 Å². The predicted molar refractivity (Wildman–Crippen MR) is 85.6 cm³/mol. The van der Waals surface area contributed by atoms with E-state index in [0.717, 1.165) is 5.92 Å². The van der Waals surface area contributed by atoms with E-state index in [1.807, 2.05) is 0 Å². The van der Waals surface area contributed by atoms with Crippen molar-refractivity contribution in [1.29, 1.82) is 0 Å². The molecule has 0 N–H and O–H groups in total. The lowest BCUT2D eigenvalue weighted by molar-refractivity contribution is 0.433. The molecule has 0 spiro atoms. The van der Waals surface area contributed by atoms with Gasteiger partial charge in [0.05, 0.1) is 0 Å². The van der Waals surface area contributed by atoms with Crippen LogP contribution in [0.15, 0.2) is 12.1 Å². The summed E-state index contributed by atoms with van der Waals surface area (Å²) in [4.78, 5) is 0.512. The van der Waals surface area contributed by atoms with Gasteiger partial charge in [-0.3, -0.25) is 0 Å². The number of alkyl halides is 1. The zero-order valence-corrected chi connectivity index (χ0v) is 14.1. The summed E-state index contributed by atoms with van der Waals surface area (Å²) in [5, 5.41) is 0. The van der Waals surface area contributed by atoms with Crippen LogP contribution in [0.2, 0.25) is 0 Å². The zero-order valence-electron chi connectivity index (χ0n) is 12.5. The number of hydrogen-bond donors (Lipinski definition) is 0. The fourth-order valence-corrected chi connectivity index (χ4v) is 4.29. The van der Waals surface area contributed by atoms with Gasteiger partial charge in [0, 0.05) is 4.83 Å². The topological polar surface area (TPSA) is 0 Å². The van der Waals surface area contributed by atoms with Gasteiger partial charge in [-0.2, -0.15) is 0 Å². The summed E-state index contributed by atoms with van der Waals surface area (Å²) < 4.78 is 0. The molecule has 0 saturated carbocycles. The Balaban J connectivity index is 3.03. The molecule has 102 valence electrons. The number of halogens is 1. The highest BCUT2D eigenvalue weighted by Crippen LogP contribution is 2.40. The van der Waals surface area contributed by atoms with Gasteiger partial charge in [0.25, 0.3) is 0 Å². The van der Waals surface area contributed by atoms with E-state index in [2.05, 4.69) is 62.7 Å². The summed E-state index contributed by atoms with van der Waals surface area (Å²) in [6.07, 6.45) is 5.18. The predicted octanol–water partition coefficient (Wildman–Crippen LogP) is 6.26. The quantitative estimate of drug-likeness (QED) is 0.544. The van der Waals surface area contributed by atoms with Crippen LogP contribution in [0.4, 0.5) is 0 Å². The Morgan fingerprint density at radius 1 is 0.944 bits per heavy atom. The van der Waals surface area contributed by atoms with Crippen LogP contribution in [0, 0.1) is 26.7 Å². The van der Waals surface area contributed by atoms with Crippen LogP contribution in [0.25, 0.3) is 0 Å². The van der Waals surface area contributed by atoms with Gasteiger partial charge in [0.1, 0.15) is 0 Å². The van der Waals surface area contributed by atoms with Crippen molar-refractivity contribution >= 4 is 15.9 Å². The highest BCUT2D eigenvalue weighted by molar-refractivity contribution is 9.09. The Hall–Kier alpha value is -0.300. The third kappa shape index (κ3) is 3.85. The van der Waals surface area contributed by atoms with E-state index >= 15 is 0 Å². The van der Waals surface area contributed by atoms with E-state index in [1.54, 1.807) is 0 Å². The highest BCUT2D eigenvalue weighted by Gasteiger charge is 2.22. The van der Waals surface area contributed by atoms with Crippen molar-refractivity contribution in [1.82, 2.24) is 0 Å². The molecule has 0 bridgehead atoms. The molecule has 1 rings (SSSR count). The summed E-state index contributed by atoms with van der Waals surface area (Å²) in [5.41, 5.74) is 5.77. The van der Waals surface area contributed by atoms with Crippen molar-refractivity contribution in [2.45, 2.75) is 65.1 Å². The lowest BCUT2D eigenvalue weighted by atomic mass is 9.86. The van der Waals surface area contributed by atoms with Gasteiger partial charge in [-0.15, -0.1) is 0 Å². The maximum atomic E-state index is 3.98. The summed E-state index contributed by atoms with van der Waals surface area (Å²) in [6.45, 7) is 11.3. The van der Waals surface area contributed by atoms with Gasteiger partial charge < -0.3 is 0 Å². The van der Waals surface area contributed by atoms with Crippen molar-refractivity contribution in [3.8, 4) is 0 Å². The van der Waals surface area contributed by atoms with E-state index < -0.39 is 0 Å². The van der Waals surface area contributed by atoms with Crippen molar-refractivity contribution < 1.29 is 0 Å². The summed E-state index contributed by atoms with van der Waals surface area (Å²) in [7, 11) is 0. The lowest BCUT2D eigenvalue weighted by Crippen LogP contribution is -2.10. The Morgan fingerprint density at radius 2 is 1.39 bits per heavy atom. The van der Waals surface area contributed by atoms with Crippen LogP contribution in [-0.4, -0.2) is 0 Å². The first-order valence-corrected chi connectivity index (χ1v) is 8.14. The highest BCUT2D eigenvalue weighted by atomic mass is 79.9. The molecule has 0 radical (unpaired) electrons. The monoisotopic (exact) mass is 310 g/mol. The fraction of sp³-hybridized carbons (Fsp3) is 0.647. The van der Waals surface area contributed by atoms with E-state index in [-0.39, 0.29) is 0 Å². The molecule has 0 nitrogen and oxygen atoms in total. The number of hydrogen-bond acceptors (Lipinski definition) is 0. The molecule has 0 fully saturated rings. The zero-order chi connectivity index (χ0) is 13.7. The third-order valence-corrected chi connectivity index (χ3v) is 4.95. The Morgan fingerprint density at radius 3 is 1.78 bits per heavy atom. The van der Waals surface area contributed by atoms with Crippen molar-refractivity contribution in [3.63, 3.8) is 0 Å². The van der Waals surface area contributed by atoms with E-state index in [0.29, 0.717) is 4.83 Å². The van der Waals surface area contributed by atoms with Gasteiger partial charge in [-0.1, -0.05) is 60.3 Å². The van der Waals surface area contributed by atoms with Crippen LogP contribution in [0.1, 0.15) is 66.6 Å². The molecule has 1 heteroatoms. The first-order chi connectivity index (χ1) is 8.51. The number of aryl methyl sites for hydroxylation is 3. The Kier molecular flexibility index (Phi) is 6.42. The molecule has 1 atom stereocenters. The smallest absolute Gasteiger partial charge is 0.0428 e. The van der Waals surface area contributed by atoms with Crippen LogP contribution in [-0.2, 0) is 0 Å². The first kappa shape index (κ1) is 15.8. The van der Waals surface area contributed by atoms with Crippen LogP contribution < -0.4 is 0 Å². The number of benzene rings is 1. The molecule has 0 heterocycles. The van der Waals surface area contributed by atoms with Crippen molar-refractivity contribution in [2.75, 3.05) is 0 Å². The van der Waals surface area contributed by atoms with Gasteiger partial charge in [-0.05, 0) is 56.2 Å². The van der Waals surface area contributed by atoms with E-state index in [1.165, 1.54) is 47.9 Å². The Labute approximate surface area is 121 Å². The second-order valence-corrected chi connectivity index (χ2v) is 6.54. The normalized spacial score (nSPS) is 13.1. The largest absolute Gasteiger partial charge is 0.0836 e. The summed E-state index contributed by atoms with van der Waals surface area (Å²) >= 11 is 3.98. The minimum absolute atomic E-state index is 0.512. The van der Waals surface area contributed by atoms with Gasteiger partial charge >= 0.3 is 0 Å². The third-order valence-electron chi connectivity index (χ3n) is 3.75. The molecule has 1 unspecified atom stereocenters. The molecule has 1 aromatic rings. The van der Waals surface area contributed by atoms with Crippen LogP contribution >= 0.6 is 15.9 Å². The molecule has 0 aliphatic rings. The van der Waals surface area contributed by atoms with Crippen molar-refractivity contribution in [3.05, 3.63) is 34.4 Å². The van der Waals surface area contributed by atoms with E-state index in [9.17, 15) is 0 Å². The summed E-state index contributed by atoms with van der Waals surface area (Å²) in [6, 6.07) is 4.62. The molecule has 0 amide bonds. The maximum absolute atomic E-state index is 3.98. The summed E-state index contributed by atoms with van der Waals surface area (Å²) in [5.74, 6) is 0.764. The molecule has 18 heavy (non-hydrogen) atoms. The van der Waals surface area contributed by atoms with Crippen molar-refractivity contribution in [2.24, 2.45) is 5.92 Å². The van der Waals surface area contributed by atoms with Crippen LogP contribution in [0.5, 0.6) is 0 Å². The number of rotatable bonds is 6. The fourth-order valence-electron chi connectivity index (χ4n) is 3.04. The Bertz CT molecular complexity index is 352. The van der Waals surface area contributed by atoms with E-state index in [4.69, 9.17) is 0 Å². The maximum Gasteiger partial charge on any atom is 0.0428 e. The molecular formula is C17H27Br. The second kappa shape index (κ2) is 7.33. The molecule has 0 aliphatic carbocycles. The molecular weight excluding hydrogens is 284 g/mol. The molecule has 0 saturated heterocycles. The molecule has 0 aliphatic heterocycles. The average Bonchev–Trinajstić information content (AvgIpc) is 2.27. The van der Waals surface area contributed by atoms with Crippen LogP contribution in [0.3, 0.4) is 0 Å². The van der Waals surface area contributed by atoms with Gasteiger partial charge in [0.2, 0.25) is 0 Å². The standard InChI is InChI=1S/C17H27Br/c1-6-8-15(9-7-2)17(18)16-13(4)10-12(3)11-14(16)5/h10-11,15,17H,6-9H2,1-5H3. The first-order valence-electron chi connectivity index (χ1n) is 7.23. The van der Waals surface area contributed by atoms with Gasteiger partial charge in [-0.25, -0.2) is 0 Å². The minimum Gasteiger partial charge on any atom is -0.0836 e. The second-order valence-electron chi connectivity index (χ2n) is 5.55. The molecule has 0 aromatic heterocycles. The average molecular weight is 311 g/mol. The minimum atomic E-state index is 0.512. The molecule has 1 aromatic carbocycles. The SMILES string of the molecule is CCCC(CCC)C(Br)c1c(C)cc(C)cc1C. The lowest BCUT2D eigenvalue weighted by Gasteiger charge is -2.25.